The van der Waals surface area contributed by atoms with E-state index in [1.165, 1.54) is 34.0 Å². The molecule has 2 aliphatic rings. The van der Waals surface area contributed by atoms with E-state index in [4.69, 9.17) is 10.7 Å². The molecule has 0 fully saturated rings. The van der Waals surface area contributed by atoms with Crippen LogP contribution >= 0.6 is 22.7 Å². The van der Waals surface area contributed by atoms with Crippen molar-refractivity contribution in [2.45, 2.75) is 76.9 Å². The smallest absolute Gasteiger partial charge is 0.183 e. The van der Waals surface area contributed by atoms with Crippen LogP contribution in [0.25, 0.3) is 0 Å². The summed E-state index contributed by atoms with van der Waals surface area (Å²) in [4.78, 5) is 12.3. The van der Waals surface area contributed by atoms with Gasteiger partial charge in [0.25, 0.3) is 0 Å². The van der Waals surface area contributed by atoms with Gasteiger partial charge in [-0.15, -0.1) is 11.3 Å². The van der Waals surface area contributed by atoms with Crippen LogP contribution in [-0.4, -0.2) is 35.1 Å². The number of hydrogen-bond donors (Lipinski definition) is 4. The zero-order chi connectivity index (χ0) is 19.5. The van der Waals surface area contributed by atoms with Gasteiger partial charge in [-0.05, 0) is 58.0 Å². The molecule has 0 saturated carbocycles. The van der Waals surface area contributed by atoms with E-state index in [1.807, 2.05) is 11.3 Å². The Morgan fingerprint density at radius 1 is 1.00 bits per heavy atom. The first-order chi connectivity index (χ1) is 13.7. The second kappa shape index (κ2) is 9.07. The number of nitrogens with two attached hydrogens (primary N) is 1. The van der Waals surface area contributed by atoms with Crippen molar-refractivity contribution in [1.29, 1.82) is 0 Å². The third kappa shape index (κ3) is 4.35. The largest absolute Gasteiger partial charge is 0.375 e. The van der Waals surface area contributed by atoms with Gasteiger partial charge in [-0.1, -0.05) is 25.2 Å². The first-order valence-corrected chi connectivity index (χ1v) is 12.3. The predicted molar refractivity (Wildman–Crippen MR) is 120 cm³/mol. The molecule has 2 unspecified atom stereocenters. The molecule has 0 amide bonds. The van der Waals surface area contributed by atoms with Crippen molar-refractivity contribution in [3.63, 3.8) is 0 Å². The van der Waals surface area contributed by atoms with Gasteiger partial charge in [-0.3, -0.25) is 0 Å². The number of hydrogen-bond acceptors (Lipinski definition) is 8. The van der Waals surface area contributed by atoms with Crippen LogP contribution in [0.3, 0.4) is 0 Å². The summed E-state index contributed by atoms with van der Waals surface area (Å²) in [5.41, 5.74) is 8.49. The van der Waals surface area contributed by atoms with E-state index in [2.05, 4.69) is 34.8 Å². The minimum Gasteiger partial charge on any atom is -0.375 e. The lowest BCUT2D eigenvalue weighted by molar-refractivity contribution is 0.412. The maximum absolute atomic E-state index is 6.03. The zero-order valence-corrected chi connectivity index (χ0v) is 18.5. The number of aryl methyl sites for hydroxylation is 2. The molecule has 0 saturated heterocycles. The Bertz CT molecular complexity index is 786. The lowest BCUT2D eigenvalue weighted by atomic mass is 9.92. The Balaban J connectivity index is 1.51. The van der Waals surface area contributed by atoms with Crippen molar-refractivity contribution < 1.29 is 0 Å². The van der Waals surface area contributed by atoms with Crippen LogP contribution in [0.2, 0.25) is 0 Å². The van der Waals surface area contributed by atoms with Crippen molar-refractivity contribution >= 4 is 32.9 Å². The molecular weight excluding hydrogens is 388 g/mol. The highest BCUT2D eigenvalue weighted by Crippen LogP contribution is 2.39. The Morgan fingerprint density at radius 3 is 2.61 bits per heavy atom. The summed E-state index contributed by atoms with van der Waals surface area (Å²) in [7, 11) is 0. The lowest BCUT2D eigenvalue weighted by Gasteiger charge is -2.32. The van der Waals surface area contributed by atoms with E-state index in [1.54, 1.807) is 11.3 Å². The summed E-state index contributed by atoms with van der Waals surface area (Å²) in [5.74, 6) is 0. The molecular formula is C20H32N6S2. The van der Waals surface area contributed by atoms with Gasteiger partial charge in [0, 0.05) is 17.0 Å². The standard InChI is InChI=1S/C20H32N6S2/c1-3-9-22-12-5-6-13-16(11-12)27-20(25-13)26-17-14(23-10-4-2)7-8-15-18(17)28-19(21)24-15/h12,14,17,22-23H,3-11H2,1-2H3,(H2,21,24)(H,25,26)/t12-,14?,17?/m0/s1. The number of rotatable bonds is 8. The van der Waals surface area contributed by atoms with Crippen LogP contribution in [0.1, 0.15) is 66.7 Å². The molecule has 3 atom stereocenters. The van der Waals surface area contributed by atoms with Crippen LogP contribution in [0.5, 0.6) is 0 Å². The molecule has 28 heavy (non-hydrogen) atoms. The fourth-order valence-corrected chi connectivity index (χ4v) is 6.38. The molecule has 0 aliphatic heterocycles. The predicted octanol–water partition coefficient (Wildman–Crippen LogP) is 3.51. The van der Waals surface area contributed by atoms with Gasteiger partial charge < -0.3 is 21.7 Å². The fraction of sp³-hybridized carbons (Fsp3) is 0.700. The monoisotopic (exact) mass is 420 g/mol. The second-order valence-electron chi connectivity index (χ2n) is 7.87. The minimum atomic E-state index is 0.201. The number of nitrogens with one attached hydrogen (secondary N) is 3. The van der Waals surface area contributed by atoms with Crippen molar-refractivity contribution in [1.82, 2.24) is 20.6 Å². The summed E-state index contributed by atoms with van der Waals surface area (Å²) < 4.78 is 0. The lowest BCUT2D eigenvalue weighted by Crippen LogP contribution is -2.41. The van der Waals surface area contributed by atoms with Crippen molar-refractivity contribution in [3.05, 3.63) is 21.1 Å². The SMILES string of the molecule is CCCNC1CCc2nc(N)sc2C1Nc1nc2c(s1)C[C@@H](NCCC)CC2. The molecule has 8 heteroatoms. The average molecular weight is 421 g/mol. The van der Waals surface area contributed by atoms with Crippen LogP contribution in [0.15, 0.2) is 0 Å². The topological polar surface area (TPSA) is 87.9 Å². The van der Waals surface area contributed by atoms with E-state index in [0.717, 1.165) is 50.3 Å². The normalized spacial score (nSPS) is 24.0. The van der Waals surface area contributed by atoms with Crippen LogP contribution in [0.4, 0.5) is 10.3 Å². The number of fused-ring (bicyclic) bond motifs is 2. The van der Waals surface area contributed by atoms with E-state index < -0.39 is 0 Å². The first kappa shape index (κ1) is 20.1. The number of anilines is 2. The molecule has 0 bridgehead atoms. The molecule has 2 aromatic heterocycles. The van der Waals surface area contributed by atoms with Crippen molar-refractivity contribution in [2.24, 2.45) is 0 Å². The molecule has 154 valence electrons. The van der Waals surface area contributed by atoms with E-state index in [9.17, 15) is 0 Å². The summed E-state index contributed by atoms with van der Waals surface area (Å²) in [6.07, 6.45) is 7.79. The molecule has 5 N–H and O–H groups in total. The summed E-state index contributed by atoms with van der Waals surface area (Å²) in [5, 5.41) is 12.9. The van der Waals surface area contributed by atoms with Crippen molar-refractivity contribution in [2.75, 3.05) is 24.1 Å². The molecule has 4 rings (SSSR count). The van der Waals surface area contributed by atoms with Crippen molar-refractivity contribution in [3.8, 4) is 0 Å². The van der Waals surface area contributed by atoms with Gasteiger partial charge >= 0.3 is 0 Å². The van der Waals surface area contributed by atoms with Gasteiger partial charge in [0.2, 0.25) is 0 Å². The Hall–Kier alpha value is -1.22. The number of thiazole rings is 2. The zero-order valence-electron chi connectivity index (χ0n) is 16.9. The minimum absolute atomic E-state index is 0.201. The summed E-state index contributed by atoms with van der Waals surface area (Å²) >= 11 is 3.47. The van der Waals surface area contributed by atoms with Gasteiger partial charge in [-0.2, -0.15) is 0 Å². The molecule has 2 aliphatic carbocycles. The molecule has 0 aromatic carbocycles. The fourth-order valence-electron chi connectivity index (χ4n) is 4.25. The van der Waals surface area contributed by atoms with Gasteiger partial charge in [0.05, 0.1) is 22.3 Å². The third-order valence-electron chi connectivity index (χ3n) is 5.68. The highest BCUT2D eigenvalue weighted by atomic mass is 32.1. The van der Waals surface area contributed by atoms with Gasteiger partial charge in [-0.25, -0.2) is 9.97 Å². The highest BCUT2D eigenvalue weighted by Gasteiger charge is 2.33. The maximum atomic E-state index is 6.03. The molecule has 2 aromatic rings. The van der Waals surface area contributed by atoms with Gasteiger partial charge in [0.1, 0.15) is 0 Å². The number of nitrogen functional groups attached to an aromatic ring is 1. The van der Waals surface area contributed by atoms with Crippen LogP contribution in [0, 0.1) is 0 Å². The molecule has 6 nitrogen and oxygen atoms in total. The van der Waals surface area contributed by atoms with E-state index in [0.29, 0.717) is 17.2 Å². The molecule has 0 spiro atoms. The quantitative estimate of drug-likeness (QED) is 0.523. The second-order valence-corrected chi connectivity index (χ2v) is 10.0. The van der Waals surface area contributed by atoms with Crippen LogP contribution in [-0.2, 0) is 19.3 Å². The highest BCUT2D eigenvalue weighted by molar-refractivity contribution is 7.16. The average Bonchev–Trinajstić information content (AvgIpc) is 3.27. The van der Waals surface area contributed by atoms with Crippen LogP contribution < -0.4 is 21.7 Å². The molecule has 0 radical (unpaired) electrons. The summed E-state index contributed by atoms with van der Waals surface area (Å²) in [6, 6.07) is 1.20. The number of nitrogens with zero attached hydrogens (tertiary/aromatic N) is 2. The Morgan fingerprint density at radius 2 is 1.79 bits per heavy atom. The van der Waals surface area contributed by atoms with E-state index >= 15 is 0 Å². The number of aromatic nitrogens is 2. The first-order valence-electron chi connectivity index (χ1n) is 10.6. The van der Waals surface area contributed by atoms with Gasteiger partial charge in [0.15, 0.2) is 10.3 Å². The Kier molecular flexibility index (Phi) is 6.50. The third-order valence-corrected chi connectivity index (χ3v) is 7.74. The van der Waals surface area contributed by atoms with E-state index in [-0.39, 0.29) is 6.04 Å². The maximum Gasteiger partial charge on any atom is 0.183 e. The molecule has 2 heterocycles. The summed E-state index contributed by atoms with van der Waals surface area (Å²) in [6.45, 7) is 6.58. The Labute approximate surface area is 175 Å².